The van der Waals surface area contributed by atoms with Gasteiger partial charge in [-0.2, -0.15) is 15.5 Å². The molecular weight excluding hydrogens is 385 g/mol. The molecule has 6 nitrogen and oxygen atoms in total. The van der Waals surface area contributed by atoms with E-state index in [1.54, 1.807) is 36.4 Å². The normalized spacial score (nSPS) is 10.0. The Morgan fingerprint density at radius 1 is 1.00 bits per heavy atom. The summed E-state index contributed by atoms with van der Waals surface area (Å²) in [6.07, 6.45) is 0. The second-order valence-corrected chi connectivity index (χ2v) is 6.80. The molecule has 0 aliphatic carbocycles. The largest absolute Gasteiger partial charge is 0.439 e. The number of nitrogens with one attached hydrogen (secondary N) is 1. The van der Waals surface area contributed by atoms with Gasteiger partial charge in [-0.1, -0.05) is 18.4 Å². The summed E-state index contributed by atoms with van der Waals surface area (Å²) in [5.74, 6) is 1.29. The lowest BCUT2D eigenvalue weighted by Crippen LogP contribution is -2.20. The molecule has 1 aromatic heterocycles. The maximum absolute atomic E-state index is 9.14. The fraction of sp³-hybridized carbons (Fsp3) is 0.143. The Morgan fingerprint density at radius 2 is 1.62 bits per heavy atom. The lowest BCUT2D eigenvalue weighted by atomic mass is 9.74. The third-order valence-electron chi connectivity index (χ3n) is 4.33. The van der Waals surface area contributed by atoms with Crippen LogP contribution in [0, 0.1) is 36.5 Å². The first-order valence-corrected chi connectivity index (χ1v) is 9.35. The van der Waals surface area contributed by atoms with Crippen molar-refractivity contribution in [3.05, 3.63) is 63.8 Å². The topological polar surface area (TPSA) is 94.6 Å². The predicted molar refractivity (Wildman–Crippen MR) is 115 cm³/mol. The maximum Gasteiger partial charge on any atom is 0.231 e. The van der Waals surface area contributed by atoms with Crippen LogP contribution in [0.4, 0.5) is 11.6 Å². The van der Waals surface area contributed by atoms with Crippen molar-refractivity contribution >= 4 is 36.0 Å². The van der Waals surface area contributed by atoms with E-state index >= 15 is 0 Å². The van der Waals surface area contributed by atoms with Gasteiger partial charge in [0.1, 0.15) is 10.9 Å². The van der Waals surface area contributed by atoms with Crippen molar-refractivity contribution in [3.8, 4) is 23.8 Å². The molecule has 29 heavy (non-hydrogen) atoms. The Kier molecular flexibility index (Phi) is 6.02. The molecule has 8 heteroatoms. The van der Waals surface area contributed by atoms with Crippen LogP contribution in [0.5, 0.6) is 11.6 Å². The van der Waals surface area contributed by atoms with Crippen LogP contribution in [0.15, 0.2) is 36.4 Å². The van der Waals surface area contributed by atoms with Gasteiger partial charge < -0.3 is 10.1 Å². The molecule has 0 unspecified atom stereocenters. The van der Waals surface area contributed by atoms with E-state index in [9.17, 15) is 0 Å². The minimum absolute atomic E-state index is 0.288. The molecule has 0 radical (unpaired) electrons. The molecule has 0 atom stereocenters. The molecule has 0 saturated carbocycles. The molecular formula is C21H17BClN5O. The first kappa shape index (κ1) is 20.2. The van der Waals surface area contributed by atoms with Gasteiger partial charge in [0.25, 0.3) is 0 Å². The fourth-order valence-corrected chi connectivity index (χ4v) is 3.20. The number of nitrogens with zero attached hydrogens (tertiary/aromatic N) is 4. The number of anilines is 2. The lowest BCUT2D eigenvalue weighted by molar-refractivity contribution is 0.459. The van der Waals surface area contributed by atoms with Crippen molar-refractivity contribution in [1.29, 1.82) is 10.5 Å². The number of aryl methyl sites for hydroxylation is 2. The molecule has 3 aromatic rings. The smallest absolute Gasteiger partial charge is 0.231 e. The van der Waals surface area contributed by atoms with E-state index in [0.29, 0.717) is 40.7 Å². The van der Waals surface area contributed by atoms with Crippen LogP contribution in [0.2, 0.25) is 12.0 Å². The number of benzene rings is 2. The molecule has 1 N–H and O–H groups in total. The molecule has 0 bridgehead atoms. The van der Waals surface area contributed by atoms with Gasteiger partial charge in [-0.15, -0.1) is 0 Å². The third-order valence-corrected chi connectivity index (χ3v) is 4.64. The van der Waals surface area contributed by atoms with Gasteiger partial charge in [-0.25, -0.2) is 4.98 Å². The van der Waals surface area contributed by atoms with Crippen molar-refractivity contribution in [2.45, 2.75) is 20.7 Å². The average Bonchev–Trinajstić information content (AvgIpc) is 2.71. The summed E-state index contributed by atoms with van der Waals surface area (Å²) >= 11 is 6.38. The molecule has 0 saturated heterocycles. The minimum Gasteiger partial charge on any atom is -0.439 e. The van der Waals surface area contributed by atoms with E-state index in [-0.39, 0.29) is 5.95 Å². The van der Waals surface area contributed by atoms with E-state index in [0.717, 1.165) is 16.8 Å². The number of halogens is 1. The van der Waals surface area contributed by atoms with Crippen LogP contribution in [0.3, 0.4) is 0 Å². The van der Waals surface area contributed by atoms with E-state index in [2.05, 4.69) is 27.4 Å². The first-order valence-electron chi connectivity index (χ1n) is 8.98. The second kappa shape index (κ2) is 8.64. The van der Waals surface area contributed by atoms with Crippen LogP contribution >= 0.6 is 11.6 Å². The molecule has 0 fully saturated rings. The van der Waals surface area contributed by atoms with E-state index in [4.69, 9.17) is 26.9 Å². The molecule has 2 aromatic carbocycles. The highest BCUT2D eigenvalue weighted by Crippen LogP contribution is 2.29. The highest BCUT2D eigenvalue weighted by Gasteiger charge is 2.17. The van der Waals surface area contributed by atoms with Crippen LogP contribution in [0.1, 0.15) is 22.3 Å². The molecule has 3 rings (SSSR count). The van der Waals surface area contributed by atoms with Gasteiger partial charge in [0, 0.05) is 11.2 Å². The first-order chi connectivity index (χ1) is 13.9. The molecule has 0 aliphatic heterocycles. The highest BCUT2D eigenvalue weighted by atomic mass is 35.5. The molecule has 142 valence electrons. The fourth-order valence-electron chi connectivity index (χ4n) is 2.90. The van der Waals surface area contributed by atoms with Crippen molar-refractivity contribution in [2.24, 2.45) is 0 Å². The quantitative estimate of drug-likeness (QED) is 0.510. The zero-order chi connectivity index (χ0) is 21.0. The number of nitriles is 2. The number of rotatable bonds is 5. The SMILES string of the molecule is CBc1c(Cl)nc(Nc2ccc(C#N)cc2)nc1Oc1c(C)cc(C#N)cc1C. The van der Waals surface area contributed by atoms with Crippen LogP contribution in [-0.2, 0) is 0 Å². The second-order valence-electron chi connectivity index (χ2n) is 6.44. The lowest BCUT2D eigenvalue weighted by Gasteiger charge is -2.16. The van der Waals surface area contributed by atoms with Crippen LogP contribution in [-0.4, -0.2) is 17.2 Å². The van der Waals surface area contributed by atoms with E-state index < -0.39 is 0 Å². The summed E-state index contributed by atoms with van der Waals surface area (Å²) < 4.78 is 6.13. The monoisotopic (exact) mass is 401 g/mol. The molecule has 0 aliphatic rings. The highest BCUT2D eigenvalue weighted by molar-refractivity contribution is 6.58. The van der Waals surface area contributed by atoms with E-state index in [1.165, 1.54) is 0 Å². The Morgan fingerprint density at radius 3 is 2.17 bits per heavy atom. The number of hydrogen-bond acceptors (Lipinski definition) is 6. The van der Waals surface area contributed by atoms with E-state index in [1.807, 2.05) is 20.7 Å². The maximum atomic E-state index is 9.14. The van der Waals surface area contributed by atoms with Gasteiger partial charge >= 0.3 is 0 Å². The summed E-state index contributed by atoms with van der Waals surface area (Å²) in [6, 6.07) is 14.7. The summed E-state index contributed by atoms with van der Waals surface area (Å²) in [6.45, 7) is 5.71. The molecule has 0 spiro atoms. The molecule has 0 amide bonds. The molecule has 1 heterocycles. The summed E-state index contributed by atoms with van der Waals surface area (Å²) in [5, 5.41) is 21.4. The average molecular weight is 402 g/mol. The summed E-state index contributed by atoms with van der Waals surface area (Å²) in [5.41, 5.74) is 4.22. The minimum atomic E-state index is 0.288. The van der Waals surface area contributed by atoms with Gasteiger partial charge in [0.15, 0.2) is 7.28 Å². The Hall–Kier alpha value is -3.55. The van der Waals surface area contributed by atoms with Crippen molar-refractivity contribution in [3.63, 3.8) is 0 Å². The Balaban J connectivity index is 1.98. The van der Waals surface area contributed by atoms with Crippen molar-refractivity contribution in [2.75, 3.05) is 5.32 Å². The Labute approximate surface area is 175 Å². The summed E-state index contributed by atoms with van der Waals surface area (Å²) in [4.78, 5) is 8.81. The van der Waals surface area contributed by atoms with Crippen LogP contribution in [0.25, 0.3) is 0 Å². The van der Waals surface area contributed by atoms with Crippen LogP contribution < -0.4 is 15.5 Å². The summed E-state index contributed by atoms with van der Waals surface area (Å²) in [7, 11) is 0.597. The number of hydrogen-bond donors (Lipinski definition) is 1. The predicted octanol–water partition coefficient (Wildman–Crippen LogP) is 4.14. The van der Waals surface area contributed by atoms with Gasteiger partial charge in [0.05, 0.1) is 23.3 Å². The zero-order valence-corrected chi connectivity index (χ0v) is 17.0. The third kappa shape index (κ3) is 4.48. The van der Waals surface area contributed by atoms with Gasteiger partial charge in [0.2, 0.25) is 11.8 Å². The number of ether oxygens (including phenoxy) is 1. The van der Waals surface area contributed by atoms with Crippen molar-refractivity contribution < 1.29 is 4.74 Å². The zero-order valence-electron chi connectivity index (χ0n) is 16.2. The van der Waals surface area contributed by atoms with Gasteiger partial charge in [-0.05, 0) is 61.4 Å². The van der Waals surface area contributed by atoms with Crippen molar-refractivity contribution in [1.82, 2.24) is 9.97 Å². The standard InChI is InChI=1S/C21H17BClN5O/c1-12-8-15(11-25)9-13(2)18(12)29-20-17(22-3)19(23)27-21(28-20)26-16-6-4-14(10-24)5-7-16/h4-9,22H,1-3H3,(H,26,27,28). The van der Waals surface area contributed by atoms with Gasteiger partial charge in [-0.3, -0.25) is 0 Å². The Bertz CT molecular complexity index is 1130. The number of aromatic nitrogens is 2.